The quantitative estimate of drug-likeness (QED) is 0.535. The molecule has 0 heterocycles. The van der Waals surface area contributed by atoms with Crippen LogP contribution in [0.5, 0.6) is 0 Å². The van der Waals surface area contributed by atoms with Gasteiger partial charge in [0.15, 0.2) is 0 Å². The van der Waals surface area contributed by atoms with E-state index in [1.807, 2.05) is 0 Å². The van der Waals surface area contributed by atoms with Crippen LogP contribution >= 0.6 is 0 Å². The molecule has 1 aromatic rings. The third-order valence-corrected chi connectivity index (χ3v) is 1.52. The molecule has 0 saturated heterocycles. The van der Waals surface area contributed by atoms with Crippen LogP contribution in [-0.4, -0.2) is 69.4 Å². The molecule has 16 heavy (non-hydrogen) atoms. The number of aliphatic carboxylic acids is 2. The number of benzene rings is 1. The van der Waals surface area contributed by atoms with Gasteiger partial charge in [-0.2, -0.15) is 0 Å². The first-order valence-corrected chi connectivity index (χ1v) is 4.38. The van der Waals surface area contributed by atoms with E-state index in [1.54, 1.807) is 0 Å². The standard InChI is InChI=1S/C7H7.C3H4O4.Li.Na.H/c1-7-5-3-2-4-6-7;4-2(5)1-3(6)7;;;/h3-6H,1H3;1H2,(H,4,5)(H,6,7);;;. The van der Waals surface area contributed by atoms with E-state index in [-0.39, 0.29) is 29.6 Å². The molecule has 0 aliphatic carbocycles. The average molecular weight is 226 g/mol. The van der Waals surface area contributed by atoms with E-state index in [4.69, 9.17) is 10.2 Å². The first-order valence-electron chi connectivity index (χ1n) is 4.38. The fraction of sp³-hybridized carbons (Fsp3) is 0.200. The second kappa shape index (κ2) is 9.95. The first-order chi connectivity index (χ1) is 6.91. The molecule has 6 heteroatoms. The number of rotatable bonds is 2. The molecule has 0 aliphatic rings. The van der Waals surface area contributed by atoms with E-state index >= 15 is 0 Å². The normalized spacial score (nSPS) is 8.19. The van der Waals surface area contributed by atoms with E-state index in [0.29, 0.717) is 0 Å². The Morgan fingerprint density at radius 2 is 1.50 bits per heavy atom. The van der Waals surface area contributed by atoms with E-state index in [2.05, 4.69) is 48.9 Å². The van der Waals surface area contributed by atoms with Crippen molar-refractivity contribution in [1.29, 1.82) is 0 Å². The third kappa shape index (κ3) is 11.8. The molecule has 0 aromatic heterocycles. The molecule has 2 N–H and O–H groups in total. The zero-order chi connectivity index (χ0) is 11.8. The molecule has 0 radical (unpaired) electrons. The number of hydrogen-bond donors (Lipinski definition) is 2. The Labute approximate surface area is 126 Å². The van der Waals surface area contributed by atoms with Crippen LogP contribution < -0.4 is 4.24 Å². The Morgan fingerprint density at radius 1 is 1.12 bits per heavy atom. The van der Waals surface area contributed by atoms with E-state index in [1.165, 1.54) is 9.80 Å². The van der Waals surface area contributed by atoms with Gasteiger partial charge in [-0.3, -0.25) is 9.59 Å². The number of carbonyl (C=O) groups is 2. The summed E-state index contributed by atoms with van der Waals surface area (Å²) in [6.45, 7) is 2.10. The molecule has 0 spiro atoms. The fourth-order valence-electron chi connectivity index (χ4n) is 0.766. The summed E-state index contributed by atoms with van der Waals surface area (Å²) in [7, 11) is 0. The summed E-state index contributed by atoms with van der Waals surface area (Å²) in [6.07, 6.45) is -0.806. The molecule has 0 amide bonds. The summed E-state index contributed by atoms with van der Waals surface area (Å²) in [5.74, 6) is -2.62. The van der Waals surface area contributed by atoms with Gasteiger partial charge in [0, 0.05) is 0 Å². The predicted molar refractivity (Wildman–Crippen MR) is 63.6 cm³/mol. The van der Waals surface area contributed by atoms with Crippen LogP contribution in [-0.2, 0) is 9.59 Å². The SMILES string of the molecule is O=C(O)CC(=O)O.[Li][c]1ccc(C)cc1.[NaH]. The van der Waals surface area contributed by atoms with Crippen molar-refractivity contribution in [2.45, 2.75) is 13.3 Å². The number of aryl methyl sites for hydroxylation is 1. The first kappa shape index (κ1) is 18.1. The van der Waals surface area contributed by atoms with Gasteiger partial charge in [0.25, 0.3) is 0 Å². The van der Waals surface area contributed by atoms with Gasteiger partial charge < -0.3 is 10.2 Å². The molecule has 0 saturated carbocycles. The van der Waals surface area contributed by atoms with Gasteiger partial charge in [-0.05, 0) is 0 Å². The molecule has 0 bridgehead atoms. The summed E-state index contributed by atoms with van der Waals surface area (Å²) < 4.78 is 1.33. The molecule has 1 rings (SSSR count). The number of carboxylic acid groups (broad SMARTS) is 2. The molecular weight excluding hydrogens is 214 g/mol. The van der Waals surface area contributed by atoms with Crippen LogP contribution in [0.1, 0.15) is 12.0 Å². The Kier molecular flexibility index (Phi) is 11.3. The van der Waals surface area contributed by atoms with Gasteiger partial charge >= 0.3 is 100 Å². The summed E-state index contributed by atoms with van der Waals surface area (Å²) in [6, 6.07) is 8.48. The Hall–Kier alpha value is -0.243. The summed E-state index contributed by atoms with van der Waals surface area (Å²) >= 11 is 2.10. The molecular formula is C10H12LiNaO4. The predicted octanol–water partition coefficient (Wildman–Crippen LogP) is -0.314. The van der Waals surface area contributed by atoms with Crippen molar-refractivity contribution in [1.82, 2.24) is 0 Å². The minimum atomic E-state index is -1.31. The van der Waals surface area contributed by atoms with Crippen LogP contribution in [0.3, 0.4) is 0 Å². The van der Waals surface area contributed by atoms with Crippen molar-refractivity contribution in [2.75, 3.05) is 0 Å². The van der Waals surface area contributed by atoms with Crippen molar-refractivity contribution < 1.29 is 19.8 Å². The molecule has 0 atom stereocenters. The van der Waals surface area contributed by atoms with Crippen molar-refractivity contribution >= 4 is 63.4 Å². The minimum absolute atomic E-state index is 0. The van der Waals surface area contributed by atoms with E-state index in [0.717, 1.165) is 0 Å². The maximum atomic E-state index is 9.43. The van der Waals surface area contributed by atoms with E-state index in [9.17, 15) is 9.59 Å². The van der Waals surface area contributed by atoms with Crippen LogP contribution in [0.4, 0.5) is 0 Å². The van der Waals surface area contributed by atoms with Crippen molar-refractivity contribution in [3.8, 4) is 0 Å². The summed E-state index contributed by atoms with van der Waals surface area (Å²) in [5, 5.41) is 15.4. The van der Waals surface area contributed by atoms with Gasteiger partial charge in [0.05, 0.1) is 0 Å². The molecule has 78 valence electrons. The number of carboxylic acids is 2. The molecule has 4 nitrogen and oxygen atoms in total. The summed E-state index contributed by atoms with van der Waals surface area (Å²) in [5.41, 5.74) is 1.33. The maximum absolute atomic E-state index is 9.43. The van der Waals surface area contributed by atoms with Crippen molar-refractivity contribution in [3.63, 3.8) is 0 Å². The van der Waals surface area contributed by atoms with Gasteiger partial charge in [0.2, 0.25) is 0 Å². The van der Waals surface area contributed by atoms with Gasteiger partial charge in [-0.15, -0.1) is 0 Å². The van der Waals surface area contributed by atoms with Gasteiger partial charge in [0.1, 0.15) is 6.42 Å². The van der Waals surface area contributed by atoms with Crippen LogP contribution in [0.15, 0.2) is 24.3 Å². The van der Waals surface area contributed by atoms with Crippen molar-refractivity contribution in [3.05, 3.63) is 29.8 Å². The van der Waals surface area contributed by atoms with Crippen LogP contribution in [0, 0.1) is 6.92 Å². The fourth-order valence-corrected chi connectivity index (χ4v) is 0.766. The monoisotopic (exact) mass is 226 g/mol. The van der Waals surface area contributed by atoms with E-state index < -0.39 is 18.4 Å². The second-order valence-corrected chi connectivity index (χ2v) is 3.12. The van der Waals surface area contributed by atoms with Crippen molar-refractivity contribution in [2.24, 2.45) is 0 Å². The Bertz CT molecular complexity index is 304. The zero-order valence-electron chi connectivity index (χ0n) is 8.73. The average Bonchev–Trinajstić information content (AvgIpc) is 2.09. The molecule has 1 aromatic carbocycles. The Balaban J connectivity index is 0. The number of hydrogen-bond acceptors (Lipinski definition) is 2. The molecule has 0 aliphatic heterocycles. The van der Waals surface area contributed by atoms with Crippen LogP contribution in [0.2, 0.25) is 0 Å². The molecule has 0 unspecified atom stereocenters. The second-order valence-electron chi connectivity index (χ2n) is 3.12. The summed E-state index contributed by atoms with van der Waals surface area (Å²) in [4.78, 5) is 18.9. The Morgan fingerprint density at radius 3 is 1.69 bits per heavy atom. The van der Waals surface area contributed by atoms with Gasteiger partial charge in [-0.25, -0.2) is 0 Å². The molecule has 0 fully saturated rings. The topological polar surface area (TPSA) is 74.6 Å². The zero-order valence-corrected chi connectivity index (χ0v) is 8.73. The third-order valence-electron chi connectivity index (χ3n) is 1.52. The van der Waals surface area contributed by atoms with Crippen LogP contribution in [0.25, 0.3) is 0 Å². The van der Waals surface area contributed by atoms with Gasteiger partial charge in [-0.1, -0.05) is 0 Å².